The van der Waals surface area contributed by atoms with Crippen LogP contribution in [0.3, 0.4) is 0 Å². The van der Waals surface area contributed by atoms with Crippen LogP contribution in [0.15, 0.2) is 133 Å². The van der Waals surface area contributed by atoms with Crippen molar-refractivity contribution in [1.82, 2.24) is 0 Å². The number of hydrogen-bond acceptors (Lipinski definition) is 7. The summed E-state index contributed by atoms with van der Waals surface area (Å²) >= 11 is 6.81. The van der Waals surface area contributed by atoms with Crippen LogP contribution in [0.25, 0.3) is 0 Å². The van der Waals surface area contributed by atoms with E-state index in [1.54, 1.807) is 0 Å². The van der Waals surface area contributed by atoms with Crippen molar-refractivity contribution in [3.63, 3.8) is 0 Å². The van der Waals surface area contributed by atoms with Gasteiger partial charge in [0.2, 0.25) is 11.6 Å². The molecule has 1 N–H and O–H groups in total. The van der Waals surface area contributed by atoms with Crippen molar-refractivity contribution in [2.45, 2.75) is 63.1 Å². The quantitative estimate of drug-likeness (QED) is 0.126. The molecule has 50 heavy (non-hydrogen) atoms. The van der Waals surface area contributed by atoms with Crippen LogP contribution in [-0.4, -0.2) is 42.4 Å². The molecule has 2 bridgehead atoms. The Morgan fingerprint density at radius 1 is 0.680 bits per heavy atom. The first-order valence-electron chi connectivity index (χ1n) is 17.0. The Morgan fingerprint density at radius 3 is 1.82 bits per heavy atom. The van der Waals surface area contributed by atoms with Crippen LogP contribution in [0, 0.1) is 0 Å². The minimum atomic E-state index is -1.84. The van der Waals surface area contributed by atoms with Gasteiger partial charge in [-0.25, -0.2) is 0 Å². The van der Waals surface area contributed by atoms with E-state index >= 15 is 0 Å². The third kappa shape index (κ3) is 7.50. The summed E-state index contributed by atoms with van der Waals surface area (Å²) in [6.07, 6.45) is -2.03. The summed E-state index contributed by atoms with van der Waals surface area (Å²) in [5.41, 5.74) is 5.49. The van der Waals surface area contributed by atoms with E-state index in [-0.39, 0.29) is 26.4 Å². The molecule has 0 spiro atoms. The predicted molar refractivity (Wildman–Crippen MR) is 191 cm³/mol. The van der Waals surface area contributed by atoms with Gasteiger partial charge in [0.05, 0.1) is 26.4 Å². The van der Waals surface area contributed by atoms with Crippen molar-refractivity contribution in [3.05, 3.63) is 172 Å². The zero-order chi connectivity index (χ0) is 34.4. The van der Waals surface area contributed by atoms with Gasteiger partial charge in [0.25, 0.3) is 0 Å². The summed E-state index contributed by atoms with van der Waals surface area (Å²) in [5, 5.41) is 12.8. The molecule has 0 radical (unpaired) electrons. The highest BCUT2D eigenvalue weighted by atomic mass is 35.5. The average Bonchev–Trinajstić information content (AvgIpc) is 3.48. The first-order chi connectivity index (χ1) is 24.5. The molecule has 2 heterocycles. The Kier molecular flexibility index (Phi) is 10.6. The lowest BCUT2D eigenvalue weighted by molar-refractivity contribution is -0.388. The van der Waals surface area contributed by atoms with Crippen molar-refractivity contribution in [3.8, 4) is 5.75 Å². The van der Waals surface area contributed by atoms with Gasteiger partial charge in [-0.05, 0) is 65.4 Å². The highest BCUT2D eigenvalue weighted by molar-refractivity contribution is 6.31. The lowest BCUT2D eigenvalue weighted by Crippen LogP contribution is -2.66. The van der Waals surface area contributed by atoms with Crippen LogP contribution in [0.5, 0.6) is 5.75 Å². The second kappa shape index (κ2) is 15.5. The molecule has 8 heteroatoms. The Hall–Kier alpha value is -4.05. The fraction of sp³-hybridized carbons (Fsp3) is 0.286. The van der Waals surface area contributed by atoms with Crippen molar-refractivity contribution >= 4 is 11.6 Å². The van der Waals surface area contributed by atoms with Gasteiger partial charge in [0, 0.05) is 10.6 Å². The van der Waals surface area contributed by atoms with E-state index in [2.05, 4.69) is 0 Å². The Labute approximate surface area is 298 Å². The van der Waals surface area contributed by atoms with Gasteiger partial charge in [-0.15, -0.1) is 0 Å². The third-order valence-corrected chi connectivity index (χ3v) is 9.51. The van der Waals surface area contributed by atoms with Crippen molar-refractivity contribution in [1.29, 1.82) is 0 Å². The van der Waals surface area contributed by atoms with E-state index < -0.39 is 29.9 Å². The predicted octanol–water partition coefficient (Wildman–Crippen LogP) is 7.99. The SMILES string of the molecule is CCOc1ccc(Cc2cc([C@]34OC[C@](O)(O3)[C@@H](OCc3ccccc3)[C@H](OCc3ccccc3)[C@H]4OCc3ccccc3)ccc2Cl)cc1. The molecule has 258 valence electrons. The summed E-state index contributed by atoms with van der Waals surface area (Å²) < 4.78 is 39.0. The summed E-state index contributed by atoms with van der Waals surface area (Å²) in [6.45, 7) is 3.15. The van der Waals surface area contributed by atoms with E-state index in [0.717, 1.165) is 33.6 Å². The molecule has 5 aromatic carbocycles. The van der Waals surface area contributed by atoms with E-state index in [4.69, 9.17) is 40.0 Å². The number of halogens is 1. The van der Waals surface area contributed by atoms with Crippen molar-refractivity contribution in [2.24, 2.45) is 0 Å². The van der Waals surface area contributed by atoms with Gasteiger partial charge in [-0.3, -0.25) is 0 Å². The summed E-state index contributed by atoms with van der Waals surface area (Å²) in [6, 6.07) is 43.3. The van der Waals surface area contributed by atoms with E-state index in [0.29, 0.717) is 23.6 Å². The molecule has 5 atom stereocenters. The van der Waals surface area contributed by atoms with Crippen LogP contribution >= 0.6 is 11.6 Å². The van der Waals surface area contributed by atoms with Crippen LogP contribution in [-0.2, 0) is 55.7 Å². The highest BCUT2D eigenvalue weighted by Gasteiger charge is 2.69. The average molecular weight is 693 g/mol. The van der Waals surface area contributed by atoms with Gasteiger partial charge in [0.15, 0.2) is 0 Å². The van der Waals surface area contributed by atoms with Gasteiger partial charge in [-0.1, -0.05) is 121 Å². The number of hydrogen-bond donors (Lipinski definition) is 1. The molecule has 0 saturated carbocycles. The molecule has 7 nitrogen and oxygen atoms in total. The second-order valence-electron chi connectivity index (χ2n) is 12.7. The number of fused-ring (bicyclic) bond motifs is 2. The number of aliphatic hydroxyl groups is 1. The lowest BCUT2D eigenvalue weighted by Gasteiger charge is -2.49. The van der Waals surface area contributed by atoms with Crippen LogP contribution in [0.1, 0.15) is 40.3 Å². The minimum absolute atomic E-state index is 0.153. The molecule has 0 amide bonds. The van der Waals surface area contributed by atoms with Gasteiger partial charge < -0.3 is 33.5 Å². The number of ether oxygens (including phenoxy) is 6. The first kappa shape index (κ1) is 34.4. The van der Waals surface area contributed by atoms with E-state index in [1.165, 1.54) is 0 Å². The van der Waals surface area contributed by atoms with Crippen LogP contribution in [0.4, 0.5) is 0 Å². The van der Waals surface area contributed by atoms with Gasteiger partial charge in [0.1, 0.15) is 30.7 Å². The molecule has 7 rings (SSSR count). The molecule has 5 aromatic rings. The van der Waals surface area contributed by atoms with E-state index in [9.17, 15) is 5.11 Å². The second-order valence-corrected chi connectivity index (χ2v) is 13.1. The Balaban J connectivity index is 1.27. The monoisotopic (exact) mass is 692 g/mol. The zero-order valence-corrected chi connectivity index (χ0v) is 28.7. The summed E-state index contributed by atoms with van der Waals surface area (Å²) in [4.78, 5) is 0. The lowest BCUT2D eigenvalue weighted by atomic mass is 9.87. The molecular formula is C42H41ClO7. The fourth-order valence-corrected chi connectivity index (χ4v) is 6.84. The molecular weight excluding hydrogens is 652 g/mol. The van der Waals surface area contributed by atoms with Crippen molar-refractivity contribution in [2.75, 3.05) is 13.2 Å². The minimum Gasteiger partial charge on any atom is -0.494 e. The maximum atomic E-state index is 12.2. The smallest absolute Gasteiger partial charge is 0.227 e. The third-order valence-electron chi connectivity index (χ3n) is 9.14. The molecule has 0 aliphatic carbocycles. The molecule has 0 aromatic heterocycles. The summed E-state index contributed by atoms with van der Waals surface area (Å²) in [7, 11) is 0. The standard InChI is InChI=1S/C42H41ClO7/c1-2-45-36-21-18-30(19-22-36)24-34-25-35(20-23-37(34)43)42-40(48-28-33-16-10-5-11-17-33)38(46-26-31-12-6-3-7-13-31)39(41(44,50-42)29-49-42)47-27-32-14-8-4-9-15-32/h3-23,25,38-40,44H,2,24,26-29H2,1H3/t38-,39-,40+,41-,42-/m0/s1. The maximum Gasteiger partial charge on any atom is 0.227 e. The molecule has 2 aliphatic rings. The Morgan fingerprint density at radius 2 is 1.24 bits per heavy atom. The van der Waals surface area contributed by atoms with E-state index in [1.807, 2.05) is 140 Å². The largest absolute Gasteiger partial charge is 0.494 e. The fourth-order valence-electron chi connectivity index (χ4n) is 6.66. The number of rotatable bonds is 14. The van der Waals surface area contributed by atoms with Crippen LogP contribution < -0.4 is 4.74 Å². The highest BCUT2D eigenvalue weighted by Crippen LogP contribution is 2.52. The Bertz CT molecular complexity index is 1820. The molecule has 2 fully saturated rings. The van der Waals surface area contributed by atoms with Crippen molar-refractivity contribution < 1.29 is 33.5 Å². The zero-order valence-electron chi connectivity index (χ0n) is 28.0. The summed E-state index contributed by atoms with van der Waals surface area (Å²) in [5.74, 6) is -2.55. The topological polar surface area (TPSA) is 75.6 Å². The molecule has 2 saturated heterocycles. The number of benzene rings is 5. The van der Waals surface area contributed by atoms with Crippen LogP contribution in [0.2, 0.25) is 5.02 Å². The van der Waals surface area contributed by atoms with Gasteiger partial charge >= 0.3 is 0 Å². The first-order valence-corrected chi connectivity index (χ1v) is 17.4. The normalized spacial score (nSPS) is 24.3. The molecule has 0 unspecified atom stereocenters. The maximum absolute atomic E-state index is 12.2. The molecule has 2 aliphatic heterocycles. The van der Waals surface area contributed by atoms with Gasteiger partial charge in [-0.2, -0.15) is 0 Å².